The van der Waals surface area contributed by atoms with Crippen LogP contribution in [0.5, 0.6) is 0 Å². The maximum absolute atomic E-state index is 11.2. The molecule has 14 heavy (non-hydrogen) atoms. The van der Waals surface area contributed by atoms with Crippen LogP contribution < -0.4 is 18.1 Å². The summed E-state index contributed by atoms with van der Waals surface area (Å²) in [5, 5.41) is 0. The average Bonchev–Trinajstić information content (AvgIpc) is 2.03. The van der Waals surface area contributed by atoms with Crippen LogP contribution in [0.3, 0.4) is 0 Å². The van der Waals surface area contributed by atoms with Crippen molar-refractivity contribution in [3.05, 3.63) is 12.7 Å². The zero-order valence-electron chi connectivity index (χ0n) is 8.66. The molecule has 0 aromatic heterocycles. The van der Waals surface area contributed by atoms with E-state index in [1.54, 1.807) is 11.8 Å². The molecule has 0 amide bonds. The number of hydrogen-bond donors (Lipinski definition) is 1. The van der Waals surface area contributed by atoms with Gasteiger partial charge in [-0.25, -0.2) is 4.79 Å². The summed E-state index contributed by atoms with van der Waals surface area (Å²) in [6.07, 6.45) is 1.76. The number of carbonyl (C=O) groups is 1. The Morgan fingerprint density at radius 2 is 2.21 bits per heavy atom. The van der Waals surface area contributed by atoms with Crippen LogP contribution in [0.4, 0.5) is 0 Å². The highest BCUT2D eigenvalue weighted by molar-refractivity contribution is 7.99. The Kier molecular flexibility index (Phi) is 10.9. The molecule has 0 rings (SSSR count). The van der Waals surface area contributed by atoms with Gasteiger partial charge in [-0.2, -0.15) is 11.8 Å². The standard InChI is InChI=1S/C9H17NO2S.ClH/c1-4-5-13-6-8(10)9(11)12-7(2)3;/h4,7-8H,1,5-6,10H2,2-3H3;1H/t8-;/m0./s1. The van der Waals surface area contributed by atoms with Crippen LogP contribution in [0.1, 0.15) is 13.8 Å². The summed E-state index contributed by atoms with van der Waals surface area (Å²) in [6.45, 7) is 7.26. The smallest absolute Gasteiger partial charge is 0.365 e. The molecular weight excluding hydrogens is 222 g/mol. The number of rotatable bonds is 6. The number of quaternary nitrogens is 1. The molecule has 0 aromatic rings. The van der Waals surface area contributed by atoms with E-state index in [2.05, 4.69) is 12.3 Å². The minimum absolute atomic E-state index is 0. The first kappa shape index (κ1) is 16.2. The fourth-order valence-electron chi connectivity index (χ4n) is 0.690. The summed E-state index contributed by atoms with van der Waals surface area (Å²) in [6, 6.07) is -0.271. The maximum Gasteiger partial charge on any atom is 0.365 e. The number of esters is 1. The SMILES string of the molecule is C=CCSC[C@H]([NH3+])C(=O)OC(C)C.[Cl-]. The summed E-state index contributed by atoms with van der Waals surface area (Å²) in [4.78, 5) is 11.2. The molecule has 0 heterocycles. The van der Waals surface area contributed by atoms with Gasteiger partial charge in [0.05, 0.1) is 11.9 Å². The lowest BCUT2D eigenvalue weighted by Crippen LogP contribution is -3.00. The van der Waals surface area contributed by atoms with Crippen molar-refractivity contribution in [2.24, 2.45) is 0 Å². The fourth-order valence-corrected chi connectivity index (χ4v) is 1.41. The second-order valence-corrected chi connectivity index (χ2v) is 4.08. The molecule has 0 aromatic carbocycles. The maximum atomic E-state index is 11.2. The van der Waals surface area contributed by atoms with E-state index in [-0.39, 0.29) is 30.5 Å². The van der Waals surface area contributed by atoms with Gasteiger partial charge in [0, 0.05) is 5.75 Å². The third-order valence-electron chi connectivity index (χ3n) is 1.24. The van der Waals surface area contributed by atoms with Crippen LogP contribution in [-0.2, 0) is 9.53 Å². The molecule has 0 saturated carbocycles. The number of carbonyl (C=O) groups excluding carboxylic acids is 1. The van der Waals surface area contributed by atoms with Gasteiger partial charge in [-0.3, -0.25) is 0 Å². The second kappa shape index (κ2) is 9.37. The van der Waals surface area contributed by atoms with Crippen molar-refractivity contribution in [1.82, 2.24) is 0 Å². The van der Waals surface area contributed by atoms with Crippen molar-refractivity contribution in [3.63, 3.8) is 0 Å². The summed E-state index contributed by atoms with van der Waals surface area (Å²) >= 11 is 1.64. The van der Waals surface area contributed by atoms with Crippen LogP contribution >= 0.6 is 11.8 Å². The topological polar surface area (TPSA) is 53.9 Å². The number of halogens is 1. The molecule has 84 valence electrons. The predicted molar refractivity (Wildman–Crippen MR) is 55.4 cm³/mol. The lowest BCUT2D eigenvalue weighted by molar-refractivity contribution is -0.401. The minimum Gasteiger partial charge on any atom is -1.00 e. The van der Waals surface area contributed by atoms with E-state index in [9.17, 15) is 4.79 Å². The van der Waals surface area contributed by atoms with Gasteiger partial charge in [0.25, 0.3) is 0 Å². The average molecular weight is 240 g/mol. The summed E-state index contributed by atoms with van der Waals surface area (Å²) in [5.41, 5.74) is 3.73. The Morgan fingerprint density at radius 1 is 1.64 bits per heavy atom. The second-order valence-electron chi connectivity index (χ2n) is 3.01. The molecule has 0 unspecified atom stereocenters. The van der Waals surface area contributed by atoms with Gasteiger partial charge in [-0.1, -0.05) is 6.08 Å². The highest BCUT2D eigenvalue weighted by atomic mass is 35.5. The molecule has 1 atom stereocenters. The molecule has 0 aliphatic rings. The Balaban J connectivity index is 0. The van der Waals surface area contributed by atoms with Crippen molar-refractivity contribution >= 4 is 17.7 Å². The first-order valence-electron chi connectivity index (χ1n) is 4.30. The lowest BCUT2D eigenvalue weighted by Gasteiger charge is -2.10. The van der Waals surface area contributed by atoms with E-state index in [0.717, 1.165) is 5.75 Å². The molecule has 5 heteroatoms. The highest BCUT2D eigenvalue weighted by Gasteiger charge is 2.19. The van der Waals surface area contributed by atoms with Gasteiger partial charge in [0.2, 0.25) is 0 Å². The normalized spacial score (nSPS) is 11.7. The van der Waals surface area contributed by atoms with Crippen molar-refractivity contribution in [3.8, 4) is 0 Å². The van der Waals surface area contributed by atoms with Gasteiger partial charge in [0.15, 0.2) is 6.04 Å². The van der Waals surface area contributed by atoms with Crippen molar-refractivity contribution < 1.29 is 27.7 Å². The van der Waals surface area contributed by atoms with Gasteiger partial charge in [-0.15, -0.1) is 6.58 Å². The quantitative estimate of drug-likeness (QED) is 0.316. The van der Waals surface area contributed by atoms with Crippen LogP contribution in [0.2, 0.25) is 0 Å². The van der Waals surface area contributed by atoms with Gasteiger partial charge in [0.1, 0.15) is 0 Å². The zero-order chi connectivity index (χ0) is 10.3. The van der Waals surface area contributed by atoms with E-state index in [1.165, 1.54) is 0 Å². The molecule has 0 aliphatic heterocycles. The van der Waals surface area contributed by atoms with E-state index in [4.69, 9.17) is 4.74 Å². The van der Waals surface area contributed by atoms with E-state index < -0.39 is 0 Å². The van der Waals surface area contributed by atoms with Gasteiger partial charge in [-0.05, 0) is 13.8 Å². The van der Waals surface area contributed by atoms with E-state index in [1.807, 2.05) is 19.9 Å². The summed E-state index contributed by atoms with van der Waals surface area (Å²) in [5.74, 6) is 1.32. The predicted octanol–water partition coefficient (Wildman–Crippen LogP) is -2.53. The first-order chi connectivity index (χ1) is 6.07. The fraction of sp³-hybridized carbons (Fsp3) is 0.667. The minimum atomic E-state index is -0.271. The van der Waals surface area contributed by atoms with Gasteiger partial charge < -0.3 is 22.9 Å². The highest BCUT2D eigenvalue weighted by Crippen LogP contribution is 2.02. The molecule has 0 bridgehead atoms. The monoisotopic (exact) mass is 239 g/mol. The molecule has 0 saturated heterocycles. The Morgan fingerprint density at radius 3 is 2.64 bits per heavy atom. The Labute approximate surface area is 95.9 Å². The van der Waals surface area contributed by atoms with Gasteiger partial charge >= 0.3 is 5.97 Å². The molecule has 3 nitrogen and oxygen atoms in total. The summed E-state index contributed by atoms with van der Waals surface area (Å²) in [7, 11) is 0. The summed E-state index contributed by atoms with van der Waals surface area (Å²) < 4.78 is 5.00. The Bertz CT molecular complexity index is 176. The number of thioether (sulfide) groups is 1. The molecule has 0 spiro atoms. The number of hydrogen-bond acceptors (Lipinski definition) is 3. The van der Waals surface area contributed by atoms with Crippen molar-refractivity contribution in [2.75, 3.05) is 11.5 Å². The third kappa shape index (κ3) is 8.41. The van der Waals surface area contributed by atoms with E-state index in [0.29, 0.717) is 5.75 Å². The molecule has 0 fully saturated rings. The van der Waals surface area contributed by atoms with Crippen LogP contribution in [0, 0.1) is 0 Å². The third-order valence-corrected chi connectivity index (χ3v) is 2.35. The first-order valence-corrected chi connectivity index (χ1v) is 5.45. The molecule has 0 aliphatic carbocycles. The number of ether oxygens (including phenoxy) is 1. The van der Waals surface area contributed by atoms with Crippen LogP contribution in [-0.4, -0.2) is 29.6 Å². The zero-order valence-corrected chi connectivity index (χ0v) is 10.2. The molecular formula is C9H18ClNO2S. The Hall–Kier alpha value is -0.190. The van der Waals surface area contributed by atoms with Crippen molar-refractivity contribution in [2.45, 2.75) is 26.0 Å². The van der Waals surface area contributed by atoms with E-state index >= 15 is 0 Å². The lowest BCUT2D eigenvalue weighted by atomic mass is 10.3. The van der Waals surface area contributed by atoms with Crippen LogP contribution in [0.25, 0.3) is 0 Å². The van der Waals surface area contributed by atoms with Crippen molar-refractivity contribution in [1.29, 1.82) is 0 Å². The molecule has 3 N–H and O–H groups in total. The van der Waals surface area contributed by atoms with Crippen LogP contribution in [0.15, 0.2) is 12.7 Å². The molecule has 0 radical (unpaired) electrons. The largest absolute Gasteiger partial charge is 1.00 e.